The monoisotopic (exact) mass is 484 g/mol. The number of carbonyl (C=O) groups is 1. The van der Waals surface area contributed by atoms with Crippen molar-refractivity contribution in [2.75, 3.05) is 25.0 Å². The van der Waals surface area contributed by atoms with E-state index in [0.717, 1.165) is 19.3 Å². The standard InChI is InChI=1S/C20H22BrFN2O4S/c1-2-28-18-9-7-15(23-20(25)16-8-6-14(22)12-17(16)21)13-19(18)29(26,27)24-10-4-3-5-11-24/h6-9,12-13H,2-5,10-11H2,1H3,(H,23,25). The van der Waals surface area contributed by atoms with Gasteiger partial charge in [0, 0.05) is 23.2 Å². The minimum absolute atomic E-state index is 0.0252. The second-order valence-electron chi connectivity index (χ2n) is 6.64. The van der Waals surface area contributed by atoms with Crippen LogP contribution in [-0.2, 0) is 10.0 Å². The lowest BCUT2D eigenvalue weighted by molar-refractivity contribution is 0.102. The predicted octanol–water partition coefficient (Wildman–Crippen LogP) is 4.41. The van der Waals surface area contributed by atoms with Crippen LogP contribution in [0.15, 0.2) is 45.8 Å². The highest BCUT2D eigenvalue weighted by Gasteiger charge is 2.29. The Kier molecular flexibility index (Phi) is 6.92. The van der Waals surface area contributed by atoms with Crippen molar-refractivity contribution in [1.29, 1.82) is 0 Å². The molecule has 0 unspecified atom stereocenters. The lowest BCUT2D eigenvalue weighted by atomic mass is 10.2. The summed E-state index contributed by atoms with van der Waals surface area (Å²) < 4.78 is 46.9. The molecule has 1 N–H and O–H groups in total. The van der Waals surface area contributed by atoms with Crippen LogP contribution in [0, 0.1) is 5.82 Å². The maximum atomic E-state index is 13.3. The molecule has 3 rings (SSSR count). The van der Waals surface area contributed by atoms with Crippen molar-refractivity contribution in [2.45, 2.75) is 31.1 Å². The van der Waals surface area contributed by atoms with Crippen LogP contribution in [0.4, 0.5) is 10.1 Å². The van der Waals surface area contributed by atoms with Gasteiger partial charge in [0.15, 0.2) is 0 Å². The molecular formula is C20H22BrFN2O4S. The Balaban J connectivity index is 1.93. The smallest absolute Gasteiger partial charge is 0.256 e. The Morgan fingerprint density at radius 3 is 2.55 bits per heavy atom. The van der Waals surface area contributed by atoms with Crippen LogP contribution >= 0.6 is 15.9 Å². The summed E-state index contributed by atoms with van der Waals surface area (Å²) in [6.07, 6.45) is 2.64. The molecule has 1 saturated heterocycles. The van der Waals surface area contributed by atoms with Crippen LogP contribution in [0.25, 0.3) is 0 Å². The number of nitrogens with zero attached hydrogens (tertiary/aromatic N) is 1. The number of benzene rings is 2. The summed E-state index contributed by atoms with van der Waals surface area (Å²) in [6.45, 7) is 3.02. The summed E-state index contributed by atoms with van der Waals surface area (Å²) in [5, 5.41) is 2.67. The maximum Gasteiger partial charge on any atom is 0.256 e. The third-order valence-electron chi connectivity index (χ3n) is 4.61. The minimum atomic E-state index is -3.75. The fourth-order valence-electron chi connectivity index (χ4n) is 3.18. The molecule has 0 aromatic heterocycles. The molecule has 0 atom stereocenters. The second kappa shape index (κ2) is 9.23. The molecule has 1 aliphatic rings. The number of nitrogens with one attached hydrogen (secondary N) is 1. The molecule has 0 aliphatic carbocycles. The van der Waals surface area contributed by atoms with Crippen molar-refractivity contribution in [3.63, 3.8) is 0 Å². The van der Waals surface area contributed by atoms with E-state index in [1.807, 2.05) is 0 Å². The number of hydrogen-bond acceptors (Lipinski definition) is 4. The van der Waals surface area contributed by atoms with Gasteiger partial charge >= 0.3 is 0 Å². The van der Waals surface area contributed by atoms with Crippen LogP contribution in [-0.4, -0.2) is 38.3 Å². The van der Waals surface area contributed by atoms with E-state index >= 15 is 0 Å². The van der Waals surface area contributed by atoms with Gasteiger partial charge in [0.2, 0.25) is 10.0 Å². The zero-order valence-electron chi connectivity index (χ0n) is 16.0. The fourth-order valence-corrected chi connectivity index (χ4v) is 5.38. The normalized spacial score (nSPS) is 15.1. The first kappa shape index (κ1) is 21.7. The van der Waals surface area contributed by atoms with Crippen molar-refractivity contribution in [1.82, 2.24) is 4.31 Å². The number of ether oxygens (including phenoxy) is 1. The Morgan fingerprint density at radius 1 is 1.17 bits per heavy atom. The molecular weight excluding hydrogens is 463 g/mol. The molecule has 1 heterocycles. The predicted molar refractivity (Wildman–Crippen MR) is 112 cm³/mol. The van der Waals surface area contributed by atoms with Gasteiger partial charge < -0.3 is 10.1 Å². The van der Waals surface area contributed by atoms with E-state index in [2.05, 4.69) is 21.2 Å². The average Bonchev–Trinajstić information content (AvgIpc) is 2.69. The van der Waals surface area contributed by atoms with Crippen LogP contribution in [0.5, 0.6) is 5.75 Å². The minimum Gasteiger partial charge on any atom is -0.492 e. The number of hydrogen-bond donors (Lipinski definition) is 1. The number of rotatable bonds is 6. The molecule has 1 aliphatic heterocycles. The van der Waals surface area contributed by atoms with Crippen molar-refractivity contribution in [3.05, 3.63) is 52.3 Å². The molecule has 29 heavy (non-hydrogen) atoms. The van der Waals surface area contributed by atoms with Gasteiger partial charge in [-0.15, -0.1) is 0 Å². The van der Waals surface area contributed by atoms with Gasteiger partial charge in [-0.1, -0.05) is 6.42 Å². The quantitative estimate of drug-likeness (QED) is 0.658. The number of carbonyl (C=O) groups excluding carboxylic acids is 1. The van der Waals surface area contributed by atoms with E-state index in [4.69, 9.17) is 4.74 Å². The molecule has 2 aromatic rings. The Hall–Kier alpha value is -1.97. The Morgan fingerprint density at radius 2 is 1.90 bits per heavy atom. The summed E-state index contributed by atoms with van der Waals surface area (Å²) in [6, 6.07) is 8.26. The molecule has 0 bridgehead atoms. The molecule has 0 saturated carbocycles. The number of anilines is 1. The highest BCUT2D eigenvalue weighted by Crippen LogP contribution is 2.32. The number of sulfonamides is 1. The van der Waals surface area contributed by atoms with Gasteiger partial charge in [0.1, 0.15) is 16.5 Å². The summed E-state index contributed by atoms with van der Waals surface area (Å²) in [7, 11) is -3.75. The van der Waals surface area contributed by atoms with Crippen LogP contribution in [0.2, 0.25) is 0 Å². The van der Waals surface area contributed by atoms with Crippen LogP contribution < -0.4 is 10.1 Å². The zero-order valence-corrected chi connectivity index (χ0v) is 18.4. The van der Waals surface area contributed by atoms with Crippen molar-refractivity contribution in [2.24, 2.45) is 0 Å². The van der Waals surface area contributed by atoms with Crippen molar-refractivity contribution < 1.29 is 22.3 Å². The first-order valence-corrected chi connectivity index (χ1v) is 11.6. The second-order valence-corrected chi connectivity index (χ2v) is 9.40. The Bertz CT molecular complexity index is 1010. The van der Waals surface area contributed by atoms with Gasteiger partial charge in [-0.2, -0.15) is 4.31 Å². The van der Waals surface area contributed by atoms with E-state index < -0.39 is 21.7 Å². The van der Waals surface area contributed by atoms with Crippen LogP contribution in [0.1, 0.15) is 36.5 Å². The summed E-state index contributed by atoms with van der Waals surface area (Å²) in [5.74, 6) is -0.703. The van der Waals surface area contributed by atoms with E-state index in [9.17, 15) is 17.6 Å². The molecule has 9 heteroatoms. The summed E-state index contributed by atoms with van der Waals surface area (Å²) in [4.78, 5) is 12.6. The van der Waals surface area contributed by atoms with Crippen LogP contribution in [0.3, 0.4) is 0 Å². The first-order chi connectivity index (χ1) is 13.8. The molecule has 2 aromatic carbocycles. The maximum absolute atomic E-state index is 13.3. The number of amides is 1. The van der Waals surface area contributed by atoms with Crippen molar-refractivity contribution >= 4 is 37.5 Å². The lowest BCUT2D eigenvalue weighted by Gasteiger charge is -2.27. The SMILES string of the molecule is CCOc1ccc(NC(=O)c2ccc(F)cc2Br)cc1S(=O)(=O)N1CCCCC1. The highest BCUT2D eigenvalue weighted by atomic mass is 79.9. The number of piperidine rings is 1. The van der Waals surface area contributed by atoms with Gasteiger partial charge in [-0.3, -0.25) is 4.79 Å². The summed E-state index contributed by atoms with van der Waals surface area (Å²) in [5.41, 5.74) is 0.547. The lowest BCUT2D eigenvalue weighted by Crippen LogP contribution is -2.35. The van der Waals surface area contributed by atoms with Gasteiger partial charge in [0.05, 0.1) is 12.2 Å². The van der Waals surface area contributed by atoms with E-state index in [1.165, 1.54) is 34.6 Å². The summed E-state index contributed by atoms with van der Waals surface area (Å²) >= 11 is 3.17. The topological polar surface area (TPSA) is 75.7 Å². The molecule has 0 radical (unpaired) electrons. The Labute approximate surface area is 178 Å². The molecule has 1 fully saturated rings. The molecule has 1 amide bonds. The highest BCUT2D eigenvalue weighted by molar-refractivity contribution is 9.10. The van der Waals surface area contributed by atoms with Gasteiger partial charge in [-0.25, -0.2) is 12.8 Å². The van der Waals surface area contributed by atoms with Crippen molar-refractivity contribution in [3.8, 4) is 5.75 Å². The number of halogens is 2. The largest absolute Gasteiger partial charge is 0.492 e. The van der Waals surface area contributed by atoms with E-state index in [-0.39, 0.29) is 16.2 Å². The molecule has 156 valence electrons. The van der Waals surface area contributed by atoms with E-state index in [0.29, 0.717) is 29.9 Å². The molecule has 6 nitrogen and oxygen atoms in total. The van der Waals surface area contributed by atoms with Gasteiger partial charge in [-0.05, 0) is 72.1 Å². The van der Waals surface area contributed by atoms with E-state index in [1.54, 1.807) is 13.0 Å². The van der Waals surface area contributed by atoms with Gasteiger partial charge in [0.25, 0.3) is 5.91 Å². The third kappa shape index (κ3) is 4.96. The fraction of sp³-hybridized carbons (Fsp3) is 0.350. The zero-order chi connectivity index (χ0) is 21.0. The third-order valence-corrected chi connectivity index (χ3v) is 7.19. The average molecular weight is 485 g/mol. The molecule has 0 spiro atoms. The first-order valence-electron chi connectivity index (χ1n) is 9.36.